The number of pyridine rings is 1. The van der Waals surface area contributed by atoms with Gasteiger partial charge in [-0.15, -0.1) is 0 Å². The molecule has 1 aliphatic rings. The maximum Gasteiger partial charge on any atom is 0.256 e. The van der Waals surface area contributed by atoms with Crippen LogP contribution in [0.25, 0.3) is 17.1 Å². The van der Waals surface area contributed by atoms with Gasteiger partial charge >= 0.3 is 0 Å². The summed E-state index contributed by atoms with van der Waals surface area (Å²) < 4.78 is 11.3. The second-order valence-corrected chi connectivity index (χ2v) is 7.76. The quantitative estimate of drug-likeness (QED) is 0.444. The van der Waals surface area contributed by atoms with Crippen LogP contribution in [-0.2, 0) is 0 Å². The molecule has 168 valence electrons. The number of carbonyl (C=O) groups excluding carboxylic acids is 1. The molecule has 0 N–H and O–H groups in total. The first-order valence-corrected chi connectivity index (χ1v) is 10.8. The Hall–Kier alpha value is -4.08. The highest BCUT2D eigenvalue weighted by Crippen LogP contribution is 2.35. The lowest BCUT2D eigenvalue weighted by molar-refractivity contribution is 0.0709. The van der Waals surface area contributed by atoms with Crippen LogP contribution >= 0.6 is 0 Å². The van der Waals surface area contributed by atoms with Gasteiger partial charge in [0.1, 0.15) is 11.8 Å². The number of likely N-dealkylation sites (tertiary alicyclic amines) is 1. The molecule has 0 spiro atoms. The molecule has 4 heterocycles. The first-order valence-electron chi connectivity index (χ1n) is 10.8. The number of rotatable bonds is 6. The maximum absolute atomic E-state index is 13.7. The Kier molecular flexibility index (Phi) is 5.55. The van der Waals surface area contributed by atoms with Crippen molar-refractivity contribution >= 4 is 5.91 Å². The van der Waals surface area contributed by atoms with Gasteiger partial charge in [0.05, 0.1) is 42.0 Å². The van der Waals surface area contributed by atoms with E-state index in [0.29, 0.717) is 47.4 Å². The van der Waals surface area contributed by atoms with Crippen molar-refractivity contribution < 1.29 is 14.1 Å². The minimum absolute atomic E-state index is 0.118. The van der Waals surface area contributed by atoms with Gasteiger partial charge in [-0.3, -0.25) is 9.78 Å². The van der Waals surface area contributed by atoms with Gasteiger partial charge in [0, 0.05) is 12.7 Å². The summed E-state index contributed by atoms with van der Waals surface area (Å²) >= 11 is 0. The van der Waals surface area contributed by atoms with Gasteiger partial charge < -0.3 is 14.2 Å². The monoisotopic (exact) mass is 445 g/mol. The lowest BCUT2D eigenvalue weighted by Gasteiger charge is -2.23. The van der Waals surface area contributed by atoms with E-state index in [2.05, 4.69) is 25.3 Å². The number of hydrogen-bond donors (Lipinski definition) is 0. The fraction of sp³-hybridized carbons (Fsp3) is 0.304. The molecule has 3 aromatic heterocycles. The number of aryl methyl sites for hydroxylation is 1. The Morgan fingerprint density at radius 1 is 1.21 bits per heavy atom. The Bertz CT molecular complexity index is 1270. The first kappa shape index (κ1) is 20.8. The third kappa shape index (κ3) is 3.95. The molecule has 0 bridgehead atoms. The number of benzene rings is 1. The van der Waals surface area contributed by atoms with Crippen LogP contribution in [0.3, 0.4) is 0 Å². The molecule has 0 aliphatic carbocycles. The van der Waals surface area contributed by atoms with Crippen molar-refractivity contribution in [3.8, 4) is 22.8 Å². The topological polar surface area (TPSA) is 112 Å². The third-order valence-corrected chi connectivity index (χ3v) is 5.58. The zero-order chi connectivity index (χ0) is 22.8. The van der Waals surface area contributed by atoms with Crippen LogP contribution in [0, 0.1) is 6.92 Å². The van der Waals surface area contributed by atoms with Crippen LogP contribution in [0.15, 0.2) is 53.6 Å². The Morgan fingerprint density at radius 3 is 2.88 bits per heavy atom. The summed E-state index contributed by atoms with van der Waals surface area (Å²) in [5.41, 5.74) is 2.84. The number of hydrogen-bond acceptors (Lipinski definition) is 8. The van der Waals surface area contributed by atoms with E-state index in [1.165, 1.54) is 4.80 Å². The first-order chi connectivity index (χ1) is 16.2. The molecule has 1 aliphatic heterocycles. The minimum Gasteiger partial charge on any atom is -0.491 e. The van der Waals surface area contributed by atoms with Gasteiger partial charge in [0.15, 0.2) is 0 Å². The van der Waals surface area contributed by atoms with Crippen LogP contribution < -0.4 is 4.74 Å². The Morgan fingerprint density at radius 2 is 2.06 bits per heavy atom. The van der Waals surface area contributed by atoms with Crippen molar-refractivity contribution in [2.45, 2.75) is 32.7 Å². The highest BCUT2D eigenvalue weighted by atomic mass is 16.5. The SMILES string of the molecule is CCOc1cnccc1-c1noc([C@@H]2CCCN2C(=O)c2cc(C)ccc2-n2nccn2)n1. The molecule has 1 fully saturated rings. The average molecular weight is 445 g/mol. The number of ether oxygens (including phenoxy) is 1. The van der Waals surface area contributed by atoms with E-state index in [-0.39, 0.29) is 11.9 Å². The fourth-order valence-corrected chi connectivity index (χ4v) is 4.07. The van der Waals surface area contributed by atoms with Gasteiger partial charge in [0.25, 0.3) is 5.91 Å². The molecule has 1 amide bonds. The largest absolute Gasteiger partial charge is 0.491 e. The molecule has 0 saturated carbocycles. The molecule has 10 heteroatoms. The minimum atomic E-state index is -0.310. The predicted molar refractivity (Wildman–Crippen MR) is 118 cm³/mol. The van der Waals surface area contributed by atoms with E-state index in [9.17, 15) is 4.79 Å². The van der Waals surface area contributed by atoms with E-state index in [1.807, 2.05) is 32.0 Å². The summed E-state index contributed by atoms with van der Waals surface area (Å²) in [4.78, 5) is 25.6. The van der Waals surface area contributed by atoms with Gasteiger partial charge in [-0.1, -0.05) is 16.8 Å². The fourth-order valence-electron chi connectivity index (χ4n) is 4.07. The summed E-state index contributed by atoms with van der Waals surface area (Å²) in [6, 6.07) is 7.13. The van der Waals surface area contributed by atoms with Crippen LogP contribution in [0.1, 0.15) is 47.6 Å². The standard InChI is InChI=1S/C23H23N7O3/c1-3-32-20-14-24-9-8-16(20)21-27-22(33-28-21)19-5-4-12-29(19)23(31)17-13-15(2)6-7-18(17)30-25-10-11-26-30/h6-11,13-14,19H,3-5,12H2,1-2H3/t19-/m0/s1. The van der Waals surface area contributed by atoms with Gasteiger partial charge in [-0.2, -0.15) is 20.0 Å². The highest BCUT2D eigenvalue weighted by Gasteiger charge is 2.36. The molecule has 33 heavy (non-hydrogen) atoms. The average Bonchev–Trinajstić information content (AvgIpc) is 3.60. The van der Waals surface area contributed by atoms with Crippen molar-refractivity contribution in [3.63, 3.8) is 0 Å². The van der Waals surface area contributed by atoms with Gasteiger partial charge in [0.2, 0.25) is 11.7 Å². The molecule has 1 aromatic carbocycles. The van der Waals surface area contributed by atoms with Crippen LogP contribution in [0.5, 0.6) is 5.75 Å². The Balaban J connectivity index is 1.46. The summed E-state index contributed by atoms with van der Waals surface area (Å²) in [6.07, 6.45) is 8.04. The zero-order valence-corrected chi connectivity index (χ0v) is 18.4. The maximum atomic E-state index is 13.7. The van der Waals surface area contributed by atoms with Crippen LogP contribution in [0.4, 0.5) is 0 Å². The zero-order valence-electron chi connectivity index (χ0n) is 18.4. The second-order valence-electron chi connectivity index (χ2n) is 7.76. The number of nitrogens with zero attached hydrogens (tertiary/aromatic N) is 7. The van der Waals surface area contributed by atoms with Crippen LogP contribution in [0.2, 0.25) is 0 Å². The molecule has 10 nitrogen and oxygen atoms in total. The molecule has 5 rings (SSSR count). The third-order valence-electron chi connectivity index (χ3n) is 5.58. The second kappa shape index (κ2) is 8.81. The van der Waals surface area contributed by atoms with E-state index < -0.39 is 0 Å². The molecule has 1 atom stereocenters. The molecule has 0 unspecified atom stereocenters. The van der Waals surface area contributed by atoms with Crippen molar-refractivity contribution in [2.24, 2.45) is 0 Å². The Labute approximate surface area is 190 Å². The van der Waals surface area contributed by atoms with Crippen molar-refractivity contribution in [1.82, 2.24) is 35.0 Å². The highest BCUT2D eigenvalue weighted by molar-refractivity contribution is 5.98. The lowest BCUT2D eigenvalue weighted by atomic mass is 10.1. The summed E-state index contributed by atoms with van der Waals surface area (Å²) in [5, 5.41) is 12.6. The molecule has 4 aromatic rings. The van der Waals surface area contributed by atoms with Crippen LogP contribution in [-0.4, -0.2) is 54.1 Å². The summed E-state index contributed by atoms with van der Waals surface area (Å²) in [5.74, 6) is 1.28. The number of aromatic nitrogens is 6. The molecule has 0 radical (unpaired) electrons. The molecule has 1 saturated heterocycles. The normalized spacial score (nSPS) is 15.7. The molecular weight excluding hydrogens is 422 g/mol. The lowest BCUT2D eigenvalue weighted by Crippen LogP contribution is -2.31. The van der Waals surface area contributed by atoms with Gasteiger partial charge in [-0.05, 0) is 44.9 Å². The predicted octanol–water partition coefficient (Wildman–Crippen LogP) is 3.40. The summed E-state index contributed by atoms with van der Waals surface area (Å²) in [7, 11) is 0. The molecular formula is C23H23N7O3. The van der Waals surface area contributed by atoms with E-state index in [1.54, 1.807) is 35.8 Å². The van der Waals surface area contributed by atoms with Crippen molar-refractivity contribution in [2.75, 3.05) is 13.2 Å². The van der Waals surface area contributed by atoms with E-state index in [4.69, 9.17) is 9.26 Å². The number of carbonyl (C=O) groups is 1. The van der Waals surface area contributed by atoms with E-state index in [0.717, 1.165) is 18.4 Å². The van der Waals surface area contributed by atoms with Crippen molar-refractivity contribution in [1.29, 1.82) is 0 Å². The van der Waals surface area contributed by atoms with E-state index >= 15 is 0 Å². The smallest absolute Gasteiger partial charge is 0.256 e. The summed E-state index contributed by atoms with van der Waals surface area (Å²) in [6.45, 7) is 4.95. The van der Waals surface area contributed by atoms with Gasteiger partial charge in [-0.25, -0.2) is 0 Å². The number of amides is 1. The van der Waals surface area contributed by atoms with Crippen molar-refractivity contribution in [3.05, 3.63) is 66.1 Å².